The second-order valence-electron chi connectivity index (χ2n) is 4.88. The summed E-state index contributed by atoms with van der Waals surface area (Å²) in [6.07, 6.45) is 2.16. The van der Waals surface area contributed by atoms with Gasteiger partial charge in [0.25, 0.3) is 5.91 Å². The molecule has 0 aromatic heterocycles. The van der Waals surface area contributed by atoms with Gasteiger partial charge in [-0.05, 0) is 37.6 Å². The molecule has 0 bridgehead atoms. The van der Waals surface area contributed by atoms with Gasteiger partial charge in [0.1, 0.15) is 5.82 Å². The van der Waals surface area contributed by atoms with Crippen LogP contribution in [0.25, 0.3) is 0 Å². The lowest BCUT2D eigenvalue weighted by Crippen LogP contribution is -2.37. The maximum atomic E-state index is 13.5. The van der Waals surface area contributed by atoms with Crippen molar-refractivity contribution in [1.29, 1.82) is 0 Å². The van der Waals surface area contributed by atoms with Gasteiger partial charge < -0.3 is 16.0 Å². The molecule has 1 aliphatic heterocycles. The third kappa shape index (κ3) is 4.99. The van der Waals surface area contributed by atoms with E-state index in [1.165, 1.54) is 25.1 Å². The van der Waals surface area contributed by atoms with Gasteiger partial charge in [0.05, 0.1) is 5.69 Å². The van der Waals surface area contributed by atoms with Gasteiger partial charge in [0.15, 0.2) is 0 Å². The first-order chi connectivity index (χ1) is 9.56. The third-order valence-electron chi connectivity index (χ3n) is 3.21. The van der Waals surface area contributed by atoms with Crippen LogP contribution in [0.1, 0.15) is 30.1 Å². The lowest BCUT2D eigenvalue weighted by atomic mass is 10.1. The van der Waals surface area contributed by atoms with Gasteiger partial charge in [-0.2, -0.15) is 0 Å². The van der Waals surface area contributed by atoms with Gasteiger partial charge in [0.2, 0.25) is 5.91 Å². The summed E-state index contributed by atoms with van der Waals surface area (Å²) in [5, 5.41) is 8.44. The van der Waals surface area contributed by atoms with E-state index in [9.17, 15) is 14.0 Å². The van der Waals surface area contributed by atoms with Crippen LogP contribution in [0.3, 0.4) is 0 Å². The van der Waals surface area contributed by atoms with Gasteiger partial charge in [-0.15, -0.1) is 12.4 Å². The quantitative estimate of drug-likeness (QED) is 0.792. The molecule has 1 aliphatic rings. The Morgan fingerprint density at radius 2 is 2.19 bits per heavy atom. The molecule has 2 rings (SSSR count). The van der Waals surface area contributed by atoms with Crippen molar-refractivity contribution in [3.63, 3.8) is 0 Å². The van der Waals surface area contributed by atoms with Crippen LogP contribution in [0.5, 0.6) is 0 Å². The summed E-state index contributed by atoms with van der Waals surface area (Å²) in [6.45, 7) is 2.81. The van der Waals surface area contributed by atoms with Crippen LogP contribution >= 0.6 is 12.4 Å². The first-order valence-electron chi connectivity index (χ1n) is 6.65. The van der Waals surface area contributed by atoms with Crippen LogP contribution in [0.4, 0.5) is 10.1 Å². The number of halogens is 2. The fraction of sp³-hybridized carbons (Fsp3) is 0.429. The fourth-order valence-corrected chi connectivity index (χ4v) is 2.20. The van der Waals surface area contributed by atoms with Crippen molar-refractivity contribution in [3.8, 4) is 0 Å². The molecule has 5 nitrogen and oxygen atoms in total. The van der Waals surface area contributed by atoms with Gasteiger partial charge >= 0.3 is 0 Å². The summed E-state index contributed by atoms with van der Waals surface area (Å²) in [4.78, 5) is 22.9. The van der Waals surface area contributed by atoms with Crippen LogP contribution in [-0.2, 0) is 4.79 Å². The van der Waals surface area contributed by atoms with E-state index in [1.54, 1.807) is 0 Å². The van der Waals surface area contributed by atoms with E-state index in [0.717, 1.165) is 19.4 Å². The van der Waals surface area contributed by atoms with Gasteiger partial charge in [-0.25, -0.2) is 4.39 Å². The second-order valence-corrected chi connectivity index (χ2v) is 4.88. The van der Waals surface area contributed by atoms with Crippen LogP contribution < -0.4 is 16.0 Å². The highest BCUT2D eigenvalue weighted by Gasteiger charge is 2.16. The highest BCUT2D eigenvalue weighted by molar-refractivity contribution is 5.96. The zero-order valence-corrected chi connectivity index (χ0v) is 12.6. The van der Waals surface area contributed by atoms with Crippen LogP contribution in [-0.4, -0.2) is 30.9 Å². The van der Waals surface area contributed by atoms with E-state index < -0.39 is 5.82 Å². The Kier molecular flexibility index (Phi) is 6.58. The van der Waals surface area contributed by atoms with Crippen molar-refractivity contribution in [2.45, 2.75) is 25.8 Å². The highest BCUT2D eigenvalue weighted by atomic mass is 35.5. The number of carbonyl (C=O) groups excluding carboxylic acids is 2. The molecule has 21 heavy (non-hydrogen) atoms. The highest BCUT2D eigenvalue weighted by Crippen LogP contribution is 2.16. The van der Waals surface area contributed by atoms with Crippen molar-refractivity contribution in [3.05, 3.63) is 29.6 Å². The lowest BCUT2D eigenvalue weighted by molar-refractivity contribution is -0.114. The molecule has 1 unspecified atom stereocenters. The maximum Gasteiger partial charge on any atom is 0.251 e. The number of hydrogen-bond donors (Lipinski definition) is 3. The Bertz CT molecular complexity index is 519. The number of anilines is 1. The first-order valence-corrected chi connectivity index (χ1v) is 6.65. The predicted molar refractivity (Wildman–Crippen MR) is 81.3 cm³/mol. The largest absolute Gasteiger partial charge is 0.350 e. The topological polar surface area (TPSA) is 70.2 Å². The second kappa shape index (κ2) is 7.95. The predicted octanol–water partition coefficient (Wildman–Crippen LogP) is 1.69. The summed E-state index contributed by atoms with van der Waals surface area (Å²) in [5.41, 5.74) is 0.345. The molecular formula is C14H19ClFN3O2. The van der Waals surface area contributed by atoms with Crippen molar-refractivity contribution >= 4 is 29.9 Å². The molecule has 1 aromatic carbocycles. The Labute approximate surface area is 129 Å². The Morgan fingerprint density at radius 3 is 2.81 bits per heavy atom. The van der Waals surface area contributed by atoms with Crippen molar-refractivity contribution < 1.29 is 14.0 Å². The Hall–Kier alpha value is -1.66. The molecule has 1 atom stereocenters. The minimum absolute atomic E-state index is 0. The van der Waals surface area contributed by atoms with E-state index in [-0.39, 0.29) is 29.9 Å². The molecule has 1 heterocycles. The zero-order chi connectivity index (χ0) is 14.5. The molecule has 3 N–H and O–H groups in total. The summed E-state index contributed by atoms with van der Waals surface area (Å²) < 4.78 is 13.5. The van der Waals surface area contributed by atoms with Crippen LogP contribution in [0.15, 0.2) is 18.2 Å². The molecule has 0 radical (unpaired) electrons. The molecular weight excluding hydrogens is 297 g/mol. The number of nitrogens with one attached hydrogen (secondary N) is 3. The van der Waals surface area contributed by atoms with Crippen LogP contribution in [0.2, 0.25) is 0 Å². The smallest absolute Gasteiger partial charge is 0.251 e. The molecule has 1 saturated heterocycles. The summed E-state index contributed by atoms with van der Waals surface area (Å²) >= 11 is 0. The van der Waals surface area contributed by atoms with Crippen molar-refractivity contribution in [2.24, 2.45) is 0 Å². The zero-order valence-electron chi connectivity index (χ0n) is 11.7. The normalized spacial score (nSPS) is 17.0. The average Bonchev–Trinajstić information content (AvgIpc) is 2.91. The number of benzene rings is 1. The molecule has 0 aliphatic carbocycles. The molecule has 0 saturated carbocycles. The van der Waals surface area contributed by atoms with E-state index in [2.05, 4.69) is 16.0 Å². The van der Waals surface area contributed by atoms with E-state index in [1.807, 2.05) is 0 Å². The molecule has 0 spiro atoms. The monoisotopic (exact) mass is 315 g/mol. The molecule has 1 aromatic rings. The van der Waals surface area contributed by atoms with Crippen LogP contribution in [0, 0.1) is 5.82 Å². The fourth-order valence-electron chi connectivity index (χ4n) is 2.20. The third-order valence-corrected chi connectivity index (χ3v) is 3.21. The summed E-state index contributed by atoms with van der Waals surface area (Å²) in [7, 11) is 0. The van der Waals surface area contributed by atoms with Gasteiger partial charge in [-0.3, -0.25) is 9.59 Å². The van der Waals surface area contributed by atoms with E-state index in [4.69, 9.17) is 0 Å². The van der Waals surface area contributed by atoms with E-state index in [0.29, 0.717) is 18.2 Å². The van der Waals surface area contributed by atoms with Gasteiger partial charge in [0, 0.05) is 25.1 Å². The summed E-state index contributed by atoms with van der Waals surface area (Å²) in [5.74, 6) is -1.21. The molecule has 7 heteroatoms. The first kappa shape index (κ1) is 17.4. The number of carbonyl (C=O) groups is 2. The SMILES string of the molecule is CC(=O)Nc1cc(C(=O)NCC2CCCN2)ccc1F.Cl. The Balaban J connectivity index is 0.00000220. The number of rotatable bonds is 4. The molecule has 116 valence electrons. The molecule has 1 fully saturated rings. The lowest BCUT2D eigenvalue weighted by Gasteiger charge is -2.12. The number of amides is 2. The van der Waals surface area contributed by atoms with Crippen molar-refractivity contribution in [1.82, 2.24) is 10.6 Å². The van der Waals surface area contributed by atoms with E-state index >= 15 is 0 Å². The molecule has 2 amide bonds. The minimum atomic E-state index is -0.561. The van der Waals surface area contributed by atoms with Gasteiger partial charge in [-0.1, -0.05) is 0 Å². The van der Waals surface area contributed by atoms with Crippen molar-refractivity contribution in [2.75, 3.05) is 18.4 Å². The Morgan fingerprint density at radius 1 is 1.43 bits per heavy atom. The summed E-state index contributed by atoms with van der Waals surface area (Å²) in [6, 6.07) is 4.22. The maximum absolute atomic E-state index is 13.5. The average molecular weight is 316 g/mol. The minimum Gasteiger partial charge on any atom is -0.350 e. The number of hydrogen-bond acceptors (Lipinski definition) is 3. The standard InChI is InChI=1S/C14H18FN3O2.ClH/c1-9(19)18-13-7-10(4-5-12(13)15)14(20)17-8-11-3-2-6-16-11;/h4-5,7,11,16H,2-3,6,8H2,1H3,(H,17,20)(H,18,19);1H.